The number of aryl methyl sites for hydroxylation is 1. The van der Waals surface area contributed by atoms with E-state index < -0.39 is 0 Å². The lowest BCUT2D eigenvalue weighted by molar-refractivity contribution is 0.521. The first-order valence-electron chi connectivity index (χ1n) is 6.55. The van der Waals surface area contributed by atoms with E-state index in [-0.39, 0.29) is 12.4 Å². The summed E-state index contributed by atoms with van der Waals surface area (Å²) in [7, 11) is 0. The van der Waals surface area contributed by atoms with Gasteiger partial charge in [0.25, 0.3) is 0 Å². The van der Waals surface area contributed by atoms with Gasteiger partial charge >= 0.3 is 0 Å². The van der Waals surface area contributed by atoms with Gasteiger partial charge in [0.1, 0.15) is 11.4 Å². The first-order chi connectivity index (χ1) is 8.85. The van der Waals surface area contributed by atoms with Crippen molar-refractivity contribution in [3.05, 3.63) is 36.0 Å². The van der Waals surface area contributed by atoms with Gasteiger partial charge in [-0.25, -0.2) is 0 Å². The lowest BCUT2D eigenvalue weighted by Crippen LogP contribution is -2.13. The molecule has 1 aromatic carbocycles. The van der Waals surface area contributed by atoms with E-state index in [0.29, 0.717) is 0 Å². The molecule has 0 aliphatic rings. The zero-order chi connectivity index (χ0) is 12.8. The van der Waals surface area contributed by atoms with Crippen LogP contribution >= 0.6 is 12.4 Å². The Morgan fingerprint density at radius 1 is 1.11 bits per heavy atom. The van der Waals surface area contributed by atoms with Crippen LogP contribution in [-0.2, 0) is 13.1 Å². The number of rotatable bonds is 6. The van der Waals surface area contributed by atoms with E-state index >= 15 is 0 Å². The minimum atomic E-state index is 0. The minimum Gasteiger partial charge on any atom is -0.311 e. The molecule has 19 heavy (non-hydrogen) atoms. The molecular weight excluding hydrogens is 260 g/mol. The second-order valence-electron chi connectivity index (χ2n) is 4.24. The highest BCUT2D eigenvalue weighted by Gasteiger charge is 2.11. The zero-order valence-electron chi connectivity index (χ0n) is 11.5. The molecule has 0 fully saturated rings. The van der Waals surface area contributed by atoms with Crippen LogP contribution in [0.2, 0.25) is 0 Å². The van der Waals surface area contributed by atoms with Crippen LogP contribution in [0.1, 0.15) is 26.0 Å². The Morgan fingerprint density at radius 3 is 2.47 bits per heavy atom. The fourth-order valence-electron chi connectivity index (χ4n) is 1.87. The van der Waals surface area contributed by atoms with E-state index in [0.717, 1.165) is 43.0 Å². The van der Waals surface area contributed by atoms with Crippen molar-refractivity contribution in [2.75, 3.05) is 6.54 Å². The van der Waals surface area contributed by atoms with E-state index in [2.05, 4.69) is 41.5 Å². The Labute approximate surface area is 120 Å². The van der Waals surface area contributed by atoms with Gasteiger partial charge in [0.2, 0.25) is 0 Å². The summed E-state index contributed by atoms with van der Waals surface area (Å²) < 4.78 is 0. The average molecular weight is 281 g/mol. The highest BCUT2D eigenvalue weighted by Crippen LogP contribution is 2.19. The molecule has 0 amide bonds. The number of benzene rings is 1. The summed E-state index contributed by atoms with van der Waals surface area (Å²) in [6.07, 6.45) is 1.05. The average Bonchev–Trinajstić information content (AvgIpc) is 2.81. The maximum atomic E-state index is 4.59. The molecule has 104 valence electrons. The van der Waals surface area contributed by atoms with Crippen LogP contribution in [0.3, 0.4) is 0 Å². The normalized spacial score (nSPS) is 10.2. The van der Waals surface area contributed by atoms with Gasteiger partial charge in [0.05, 0.1) is 6.54 Å². The van der Waals surface area contributed by atoms with E-state index in [1.165, 1.54) is 0 Å². The number of hydrogen-bond donors (Lipinski definition) is 1. The molecule has 0 saturated heterocycles. The zero-order valence-corrected chi connectivity index (χ0v) is 12.3. The van der Waals surface area contributed by atoms with Gasteiger partial charge in [-0.05, 0) is 13.0 Å². The van der Waals surface area contributed by atoms with E-state index in [1.807, 2.05) is 18.2 Å². The molecule has 0 unspecified atom stereocenters. The van der Waals surface area contributed by atoms with Crippen molar-refractivity contribution < 1.29 is 0 Å². The molecule has 0 bridgehead atoms. The third-order valence-corrected chi connectivity index (χ3v) is 2.74. The maximum absolute atomic E-state index is 4.59. The van der Waals surface area contributed by atoms with Gasteiger partial charge in [-0.3, -0.25) is 0 Å². The quantitative estimate of drug-likeness (QED) is 0.885. The summed E-state index contributed by atoms with van der Waals surface area (Å²) in [6, 6.07) is 10.2. The Hall–Kier alpha value is -1.39. The predicted octanol–water partition coefficient (Wildman–Crippen LogP) is 2.89. The largest absolute Gasteiger partial charge is 0.311 e. The van der Waals surface area contributed by atoms with Crippen LogP contribution in [0.5, 0.6) is 0 Å². The highest BCUT2D eigenvalue weighted by atomic mass is 35.5. The van der Waals surface area contributed by atoms with E-state index in [9.17, 15) is 0 Å². The number of halogens is 1. The molecule has 0 atom stereocenters. The lowest BCUT2D eigenvalue weighted by Gasteiger charge is -2.00. The van der Waals surface area contributed by atoms with Crippen LogP contribution in [0.4, 0.5) is 0 Å². The molecule has 1 aromatic heterocycles. The molecule has 1 N–H and O–H groups in total. The predicted molar refractivity (Wildman–Crippen MR) is 80.4 cm³/mol. The summed E-state index contributed by atoms with van der Waals surface area (Å²) in [5.41, 5.74) is 3.15. The fourth-order valence-corrected chi connectivity index (χ4v) is 1.87. The molecule has 2 aromatic rings. The lowest BCUT2D eigenvalue weighted by atomic mass is 10.1. The Morgan fingerprint density at radius 2 is 1.84 bits per heavy atom. The summed E-state index contributed by atoms with van der Waals surface area (Å²) in [5.74, 6) is 0. The Balaban J connectivity index is 0.00000180. The third kappa shape index (κ3) is 4.04. The van der Waals surface area contributed by atoms with Gasteiger partial charge < -0.3 is 5.32 Å². The number of nitrogens with zero attached hydrogens (tertiary/aromatic N) is 3. The number of nitrogens with one attached hydrogen (secondary N) is 1. The van der Waals surface area contributed by atoms with Crippen LogP contribution in [-0.4, -0.2) is 21.5 Å². The van der Waals surface area contributed by atoms with Gasteiger partial charge in [0, 0.05) is 12.1 Å². The van der Waals surface area contributed by atoms with Crippen molar-refractivity contribution >= 4 is 12.4 Å². The Bertz CT molecular complexity index is 481. The molecule has 0 spiro atoms. The molecule has 0 radical (unpaired) electrons. The van der Waals surface area contributed by atoms with E-state index in [1.54, 1.807) is 4.80 Å². The molecule has 1 heterocycles. The summed E-state index contributed by atoms with van der Waals surface area (Å²) in [6.45, 7) is 6.81. The monoisotopic (exact) mass is 280 g/mol. The fraction of sp³-hybridized carbons (Fsp3) is 0.429. The van der Waals surface area contributed by atoms with Crippen molar-refractivity contribution in [2.24, 2.45) is 0 Å². The van der Waals surface area contributed by atoms with Crippen molar-refractivity contribution in [3.63, 3.8) is 0 Å². The molecule has 0 aliphatic carbocycles. The van der Waals surface area contributed by atoms with Gasteiger partial charge in [0.15, 0.2) is 0 Å². The highest BCUT2D eigenvalue weighted by molar-refractivity contribution is 5.85. The van der Waals surface area contributed by atoms with Crippen molar-refractivity contribution in [1.82, 2.24) is 20.3 Å². The second-order valence-corrected chi connectivity index (χ2v) is 4.24. The third-order valence-electron chi connectivity index (χ3n) is 2.74. The van der Waals surface area contributed by atoms with Crippen LogP contribution in [0.15, 0.2) is 30.3 Å². The van der Waals surface area contributed by atoms with Crippen molar-refractivity contribution in [3.8, 4) is 11.3 Å². The van der Waals surface area contributed by atoms with Gasteiger partial charge in [-0.2, -0.15) is 15.0 Å². The summed E-state index contributed by atoms with van der Waals surface area (Å²) >= 11 is 0. The van der Waals surface area contributed by atoms with Crippen LogP contribution in [0.25, 0.3) is 11.3 Å². The van der Waals surface area contributed by atoms with E-state index in [4.69, 9.17) is 0 Å². The molecule has 0 aliphatic heterocycles. The van der Waals surface area contributed by atoms with Gasteiger partial charge in [-0.1, -0.05) is 44.2 Å². The minimum absolute atomic E-state index is 0. The van der Waals surface area contributed by atoms with Crippen LogP contribution < -0.4 is 5.32 Å². The van der Waals surface area contributed by atoms with Crippen molar-refractivity contribution in [1.29, 1.82) is 0 Å². The van der Waals surface area contributed by atoms with Crippen LogP contribution in [0, 0.1) is 0 Å². The molecular formula is C14H21ClN4. The SMILES string of the molecule is CCCn1nc(CNCC)c(-c2ccccc2)n1.Cl. The standard InChI is InChI=1S/C14H20N4.ClH/c1-3-10-18-16-13(11-15-4-2)14(17-18)12-8-6-5-7-9-12;/h5-9,15H,3-4,10-11H2,1-2H3;1H. The first-order valence-corrected chi connectivity index (χ1v) is 6.55. The number of aromatic nitrogens is 3. The second kappa shape index (κ2) is 7.92. The molecule has 0 saturated carbocycles. The Kier molecular flexibility index (Phi) is 6.53. The smallest absolute Gasteiger partial charge is 0.117 e. The topological polar surface area (TPSA) is 42.7 Å². The first kappa shape index (κ1) is 15.7. The molecule has 5 heteroatoms. The van der Waals surface area contributed by atoms with Crippen molar-refractivity contribution in [2.45, 2.75) is 33.4 Å². The molecule has 4 nitrogen and oxygen atoms in total. The summed E-state index contributed by atoms with van der Waals surface area (Å²) in [4.78, 5) is 1.80. The molecule has 2 rings (SSSR count). The van der Waals surface area contributed by atoms with Gasteiger partial charge in [-0.15, -0.1) is 12.4 Å². The number of hydrogen-bond acceptors (Lipinski definition) is 3. The summed E-state index contributed by atoms with van der Waals surface area (Å²) in [5, 5.41) is 12.5. The maximum Gasteiger partial charge on any atom is 0.117 e.